The van der Waals surface area contributed by atoms with Crippen LogP contribution >= 0.6 is 0 Å². The number of hydrogen-bond donors (Lipinski definition) is 1. The number of phenolic OH excluding ortho intramolecular Hbond substituents is 1. The Morgan fingerprint density at radius 3 is 2.26 bits per heavy atom. The summed E-state index contributed by atoms with van der Waals surface area (Å²) in [6, 6.07) is 38.4. The lowest BCUT2D eigenvalue weighted by atomic mass is 9.79. The Labute approximate surface area is 316 Å². The monoisotopic (exact) mass is 707 g/mol. The summed E-state index contributed by atoms with van der Waals surface area (Å²) < 4.78 is 8.84. The maximum atomic E-state index is 12.1. The third-order valence-corrected chi connectivity index (χ3v) is 12.0. The molecule has 0 saturated heterocycles. The summed E-state index contributed by atoms with van der Waals surface area (Å²) >= 11 is 0. The van der Waals surface area contributed by atoms with E-state index >= 15 is 0 Å². The number of phenols is 1. The molecule has 5 aromatic carbocycles. The fourth-order valence-electron chi connectivity index (χ4n) is 9.15. The molecule has 8 aromatic rings. The lowest BCUT2D eigenvalue weighted by molar-refractivity contribution is 0.446. The van der Waals surface area contributed by atoms with Gasteiger partial charge in [-0.1, -0.05) is 102 Å². The largest absolute Gasteiger partial charge is 0.507 e. The molecule has 54 heavy (non-hydrogen) atoms. The first-order valence-electron chi connectivity index (χ1n) is 19.4. The van der Waals surface area contributed by atoms with E-state index in [0.717, 1.165) is 77.7 Å². The van der Waals surface area contributed by atoms with Gasteiger partial charge in [-0.25, -0.2) is 4.98 Å². The molecule has 0 radical (unpaired) electrons. The number of rotatable bonds is 4. The van der Waals surface area contributed by atoms with E-state index in [9.17, 15) is 5.11 Å². The number of aromatic hydroxyl groups is 1. The number of nitrogens with zero attached hydrogens (tertiary/aromatic N) is 3. The van der Waals surface area contributed by atoms with Crippen molar-refractivity contribution in [2.45, 2.75) is 83.5 Å². The molecule has 1 fully saturated rings. The summed E-state index contributed by atoms with van der Waals surface area (Å²) in [5.41, 5.74) is 13.6. The molecule has 3 heterocycles. The highest BCUT2D eigenvalue weighted by Gasteiger charge is 2.38. The number of fused-ring (bicyclic) bond motifs is 9. The molecular formula is C49H45N3O2. The second-order valence-electron chi connectivity index (χ2n) is 17.6. The first-order chi connectivity index (χ1) is 25.9. The minimum Gasteiger partial charge on any atom is -0.507 e. The predicted octanol–water partition coefficient (Wildman–Crippen LogP) is 13.0. The Balaban J connectivity index is 1.26. The van der Waals surface area contributed by atoms with Crippen molar-refractivity contribution in [3.05, 3.63) is 132 Å². The molecule has 2 aliphatic carbocycles. The van der Waals surface area contributed by atoms with Crippen molar-refractivity contribution < 1.29 is 9.52 Å². The van der Waals surface area contributed by atoms with Gasteiger partial charge in [-0.15, -0.1) is 0 Å². The van der Waals surface area contributed by atoms with Gasteiger partial charge in [0, 0.05) is 44.8 Å². The Morgan fingerprint density at radius 2 is 1.46 bits per heavy atom. The van der Waals surface area contributed by atoms with E-state index in [0.29, 0.717) is 17.7 Å². The molecule has 2 atom stereocenters. The molecule has 2 bridgehead atoms. The van der Waals surface area contributed by atoms with Crippen molar-refractivity contribution in [3.8, 4) is 45.2 Å². The Bertz CT molecular complexity index is 2790. The molecule has 268 valence electrons. The van der Waals surface area contributed by atoms with Crippen molar-refractivity contribution in [1.29, 1.82) is 0 Å². The Hall–Kier alpha value is -5.68. The quantitative estimate of drug-likeness (QED) is 0.198. The van der Waals surface area contributed by atoms with Crippen LogP contribution in [0.4, 0.5) is 0 Å². The van der Waals surface area contributed by atoms with Crippen LogP contribution in [0.1, 0.15) is 95.0 Å². The first kappa shape index (κ1) is 32.9. The molecule has 5 heteroatoms. The highest BCUT2D eigenvalue weighted by atomic mass is 16.3. The van der Waals surface area contributed by atoms with E-state index in [-0.39, 0.29) is 16.6 Å². The van der Waals surface area contributed by atoms with Gasteiger partial charge in [0.2, 0.25) is 0 Å². The second kappa shape index (κ2) is 11.7. The van der Waals surface area contributed by atoms with Gasteiger partial charge in [0.15, 0.2) is 0 Å². The lowest BCUT2D eigenvalue weighted by Crippen LogP contribution is -2.17. The van der Waals surface area contributed by atoms with Crippen LogP contribution in [0.25, 0.3) is 72.4 Å². The van der Waals surface area contributed by atoms with Crippen molar-refractivity contribution in [2.24, 2.45) is 0 Å². The van der Waals surface area contributed by atoms with Crippen LogP contribution in [-0.4, -0.2) is 19.6 Å². The van der Waals surface area contributed by atoms with Crippen molar-refractivity contribution in [1.82, 2.24) is 14.5 Å². The van der Waals surface area contributed by atoms with E-state index in [4.69, 9.17) is 14.4 Å². The minimum atomic E-state index is -0.279. The van der Waals surface area contributed by atoms with Gasteiger partial charge >= 0.3 is 0 Å². The van der Waals surface area contributed by atoms with Crippen LogP contribution in [0, 0.1) is 0 Å². The number of aromatic nitrogens is 3. The van der Waals surface area contributed by atoms with E-state index in [1.165, 1.54) is 30.5 Å². The molecular weight excluding hydrogens is 663 g/mol. The van der Waals surface area contributed by atoms with E-state index in [1.807, 2.05) is 18.2 Å². The van der Waals surface area contributed by atoms with Gasteiger partial charge in [-0.3, -0.25) is 9.55 Å². The molecule has 2 unspecified atom stereocenters. The normalized spacial score (nSPS) is 16.9. The van der Waals surface area contributed by atoms with Gasteiger partial charge in [0.05, 0.1) is 22.3 Å². The number of imidazole rings is 1. The molecule has 1 saturated carbocycles. The number of pyridine rings is 1. The lowest BCUT2D eigenvalue weighted by Gasteiger charge is -2.27. The minimum absolute atomic E-state index is 0.137. The van der Waals surface area contributed by atoms with Gasteiger partial charge in [0.25, 0.3) is 0 Å². The zero-order valence-electron chi connectivity index (χ0n) is 31.9. The van der Waals surface area contributed by atoms with E-state index in [2.05, 4.69) is 137 Å². The SMILES string of the molecule is CC(C)(C)c1cc(-c2nc3c(-c4cc(-c5ccc6c(n5)C5CCC6C5)c5oc6ccccc6c5c4)cccc3n2-c2ccccc2)c(O)c(C(C)(C)C)c1. The number of hydrogen-bond acceptors (Lipinski definition) is 4. The topological polar surface area (TPSA) is 64.1 Å². The molecule has 3 aromatic heterocycles. The van der Waals surface area contributed by atoms with E-state index in [1.54, 1.807) is 0 Å². The van der Waals surface area contributed by atoms with Crippen LogP contribution in [0.3, 0.4) is 0 Å². The average Bonchev–Trinajstić information content (AvgIpc) is 3.95. The predicted molar refractivity (Wildman–Crippen MR) is 221 cm³/mol. The maximum Gasteiger partial charge on any atom is 0.149 e. The third kappa shape index (κ3) is 5.05. The third-order valence-electron chi connectivity index (χ3n) is 12.0. The smallest absolute Gasteiger partial charge is 0.149 e. The zero-order valence-corrected chi connectivity index (χ0v) is 31.9. The van der Waals surface area contributed by atoms with E-state index < -0.39 is 0 Å². The van der Waals surface area contributed by atoms with Gasteiger partial charge < -0.3 is 9.52 Å². The second-order valence-corrected chi connectivity index (χ2v) is 17.6. The maximum absolute atomic E-state index is 12.1. The highest BCUT2D eigenvalue weighted by Crippen LogP contribution is 2.53. The molecule has 0 amide bonds. The zero-order chi connectivity index (χ0) is 37.1. The van der Waals surface area contributed by atoms with Crippen LogP contribution in [0.15, 0.2) is 114 Å². The number of benzene rings is 5. The summed E-state index contributed by atoms with van der Waals surface area (Å²) in [7, 11) is 0. The van der Waals surface area contributed by atoms with Crippen molar-refractivity contribution in [3.63, 3.8) is 0 Å². The molecule has 2 aliphatic rings. The van der Waals surface area contributed by atoms with Crippen molar-refractivity contribution >= 4 is 33.0 Å². The van der Waals surface area contributed by atoms with Crippen LogP contribution in [0.2, 0.25) is 0 Å². The van der Waals surface area contributed by atoms with Crippen LogP contribution in [0.5, 0.6) is 5.75 Å². The summed E-state index contributed by atoms with van der Waals surface area (Å²) in [6.45, 7) is 13.1. The fourth-order valence-corrected chi connectivity index (χ4v) is 9.15. The summed E-state index contributed by atoms with van der Waals surface area (Å²) in [4.78, 5) is 10.9. The standard InChI is InChI=1S/C49H45N3O2/c1-48(2,3)31-26-38(45(53)39(27-31)49(4,5)6)47-51-44-33(16-12-17-41(44)52(47)32-13-8-7-9-14-32)30-24-36-35-15-10-11-18-42(35)54-46(36)37(25-30)40-22-21-34-28-19-20-29(23-28)43(34)50-40/h7-18,21-22,24-29,53H,19-20,23H2,1-6H3. The number of furan rings is 1. The van der Waals surface area contributed by atoms with Gasteiger partial charge in [-0.2, -0.15) is 0 Å². The fraction of sp³-hybridized carbons (Fsp3) is 0.265. The average molecular weight is 708 g/mol. The molecule has 1 N–H and O–H groups in total. The molecule has 0 aliphatic heterocycles. The molecule has 10 rings (SSSR count). The van der Waals surface area contributed by atoms with Gasteiger partial charge in [0.1, 0.15) is 22.7 Å². The Morgan fingerprint density at radius 1 is 0.685 bits per heavy atom. The first-order valence-corrected chi connectivity index (χ1v) is 19.4. The Kier molecular flexibility index (Phi) is 7.11. The van der Waals surface area contributed by atoms with Crippen molar-refractivity contribution in [2.75, 3.05) is 0 Å². The highest BCUT2D eigenvalue weighted by molar-refractivity contribution is 6.12. The summed E-state index contributed by atoms with van der Waals surface area (Å²) in [5.74, 6) is 2.19. The summed E-state index contributed by atoms with van der Waals surface area (Å²) in [5, 5.41) is 14.3. The summed E-state index contributed by atoms with van der Waals surface area (Å²) in [6.07, 6.45) is 3.74. The van der Waals surface area contributed by atoms with Gasteiger partial charge in [-0.05, 0) is 101 Å². The molecule has 5 nitrogen and oxygen atoms in total. The van der Waals surface area contributed by atoms with Crippen LogP contribution in [-0.2, 0) is 10.8 Å². The van der Waals surface area contributed by atoms with Crippen LogP contribution < -0.4 is 0 Å². The molecule has 0 spiro atoms. The number of para-hydroxylation sites is 3.